The van der Waals surface area contributed by atoms with Crippen molar-refractivity contribution in [1.29, 1.82) is 0 Å². The zero-order valence-electron chi connectivity index (χ0n) is 11.7. The first-order valence-electron chi connectivity index (χ1n) is 7.28. The maximum atomic E-state index is 12.1. The fourth-order valence-electron chi connectivity index (χ4n) is 2.68. The quantitative estimate of drug-likeness (QED) is 0.839. The Morgan fingerprint density at radius 2 is 2.24 bits per heavy atom. The molecular formula is C16H18N2O3. The van der Waals surface area contributed by atoms with Crippen LogP contribution < -0.4 is 16.3 Å². The summed E-state index contributed by atoms with van der Waals surface area (Å²) in [6.45, 7) is 1.61. The molecule has 1 aromatic carbocycles. The van der Waals surface area contributed by atoms with Gasteiger partial charge in [0.1, 0.15) is 11.1 Å². The molecule has 2 N–H and O–H groups in total. The number of amides is 1. The maximum absolute atomic E-state index is 12.1. The zero-order valence-corrected chi connectivity index (χ0v) is 11.7. The first-order valence-corrected chi connectivity index (χ1v) is 7.28. The van der Waals surface area contributed by atoms with Crippen LogP contribution in [0.4, 0.5) is 0 Å². The molecule has 5 nitrogen and oxygen atoms in total. The lowest BCUT2D eigenvalue weighted by Gasteiger charge is -2.10. The Bertz CT molecular complexity index is 702. The third-order valence-corrected chi connectivity index (χ3v) is 3.83. The summed E-state index contributed by atoms with van der Waals surface area (Å²) in [5.74, 6) is -0.368. The van der Waals surface area contributed by atoms with Gasteiger partial charge >= 0.3 is 5.63 Å². The van der Waals surface area contributed by atoms with Crippen LogP contribution in [0.1, 0.15) is 29.6 Å². The molecule has 1 fully saturated rings. The Kier molecular flexibility index (Phi) is 4.01. The number of benzene rings is 1. The van der Waals surface area contributed by atoms with E-state index in [1.807, 2.05) is 12.1 Å². The fraction of sp³-hybridized carbons (Fsp3) is 0.375. The van der Waals surface area contributed by atoms with Gasteiger partial charge in [0, 0.05) is 18.0 Å². The van der Waals surface area contributed by atoms with Crippen LogP contribution in [-0.2, 0) is 0 Å². The van der Waals surface area contributed by atoms with E-state index < -0.39 is 5.63 Å². The van der Waals surface area contributed by atoms with Gasteiger partial charge in [-0.2, -0.15) is 0 Å². The average Bonchev–Trinajstić information content (AvgIpc) is 2.99. The second-order valence-corrected chi connectivity index (χ2v) is 5.32. The van der Waals surface area contributed by atoms with Crippen molar-refractivity contribution in [2.45, 2.75) is 25.3 Å². The van der Waals surface area contributed by atoms with E-state index in [1.54, 1.807) is 18.2 Å². The second kappa shape index (κ2) is 6.10. The summed E-state index contributed by atoms with van der Waals surface area (Å²) < 4.78 is 5.16. The number of hydrogen-bond donors (Lipinski definition) is 2. The number of carbonyl (C=O) groups is 1. The summed E-state index contributed by atoms with van der Waals surface area (Å²) in [7, 11) is 0. The number of hydrogen-bond acceptors (Lipinski definition) is 4. The summed E-state index contributed by atoms with van der Waals surface area (Å²) in [5, 5.41) is 6.92. The van der Waals surface area contributed by atoms with Gasteiger partial charge in [-0.25, -0.2) is 4.79 Å². The van der Waals surface area contributed by atoms with Crippen LogP contribution >= 0.6 is 0 Å². The van der Waals surface area contributed by atoms with Crippen molar-refractivity contribution >= 4 is 16.9 Å². The largest absolute Gasteiger partial charge is 0.422 e. The summed E-state index contributed by atoms with van der Waals surface area (Å²) >= 11 is 0. The molecule has 1 saturated heterocycles. The minimum atomic E-state index is -0.592. The predicted octanol–water partition coefficient (Wildman–Crippen LogP) is 1.66. The molecule has 1 aromatic heterocycles. The number of para-hydroxylation sites is 1. The summed E-state index contributed by atoms with van der Waals surface area (Å²) in [6.07, 6.45) is 3.21. The first kappa shape index (κ1) is 13.8. The first-order chi connectivity index (χ1) is 10.2. The average molecular weight is 286 g/mol. The van der Waals surface area contributed by atoms with E-state index in [2.05, 4.69) is 10.6 Å². The Balaban J connectivity index is 1.68. The van der Waals surface area contributed by atoms with Gasteiger partial charge in [-0.1, -0.05) is 18.2 Å². The standard InChI is InChI=1S/C16H18N2O3/c19-15(18-9-7-12-5-3-8-17-12)13-10-11-4-1-2-6-14(11)21-16(13)20/h1-2,4,6,10,12,17H,3,5,7-9H2,(H,18,19)/t12-/m1/s1. The highest BCUT2D eigenvalue weighted by atomic mass is 16.4. The van der Waals surface area contributed by atoms with Crippen molar-refractivity contribution in [3.05, 3.63) is 46.3 Å². The molecule has 1 aliphatic heterocycles. The SMILES string of the molecule is O=C(NCC[C@H]1CCCN1)c1cc2ccccc2oc1=O. The third kappa shape index (κ3) is 3.13. The van der Waals surface area contributed by atoms with Gasteiger partial charge in [0.15, 0.2) is 0 Å². The number of rotatable bonds is 4. The van der Waals surface area contributed by atoms with E-state index in [-0.39, 0.29) is 11.5 Å². The third-order valence-electron chi connectivity index (χ3n) is 3.83. The van der Waals surface area contributed by atoms with Crippen LogP contribution in [0.3, 0.4) is 0 Å². The molecule has 110 valence electrons. The molecule has 21 heavy (non-hydrogen) atoms. The zero-order chi connectivity index (χ0) is 14.7. The monoisotopic (exact) mass is 286 g/mol. The van der Waals surface area contributed by atoms with Crippen LogP contribution in [0, 0.1) is 0 Å². The molecule has 2 aromatic rings. The van der Waals surface area contributed by atoms with Crippen molar-refractivity contribution in [2.24, 2.45) is 0 Å². The lowest BCUT2D eigenvalue weighted by Crippen LogP contribution is -2.32. The molecule has 0 bridgehead atoms. The number of fused-ring (bicyclic) bond motifs is 1. The highest BCUT2D eigenvalue weighted by molar-refractivity contribution is 5.96. The van der Waals surface area contributed by atoms with Gasteiger partial charge in [-0.15, -0.1) is 0 Å². The summed E-state index contributed by atoms with van der Waals surface area (Å²) in [4.78, 5) is 23.9. The lowest BCUT2D eigenvalue weighted by molar-refractivity contribution is 0.0949. The highest BCUT2D eigenvalue weighted by Gasteiger charge is 2.16. The smallest absolute Gasteiger partial charge is 0.349 e. The summed E-state index contributed by atoms with van der Waals surface area (Å²) in [5.41, 5.74) is -0.0347. The van der Waals surface area contributed by atoms with Crippen LogP contribution in [0.5, 0.6) is 0 Å². The van der Waals surface area contributed by atoms with E-state index in [0.29, 0.717) is 18.2 Å². The van der Waals surface area contributed by atoms with Gasteiger partial charge in [0.2, 0.25) is 0 Å². The van der Waals surface area contributed by atoms with Crippen LogP contribution in [-0.4, -0.2) is 25.0 Å². The molecule has 0 saturated carbocycles. The molecule has 0 aliphatic carbocycles. The maximum Gasteiger partial charge on any atom is 0.349 e. The Morgan fingerprint density at radius 1 is 1.38 bits per heavy atom. The van der Waals surface area contributed by atoms with Crippen molar-refractivity contribution in [3.8, 4) is 0 Å². The second-order valence-electron chi connectivity index (χ2n) is 5.32. The fourth-order valence-corrected chi connectivity index (χ4v) is 2.68. The minimum Gasteiger partial charge on any atom is -0.422 e. The van der Waals surface area contributed by atoms with Gasteiger partial charge in [-0.05, 0) is 37.9 Å². The molecule has 1 aliphatic rings. The van der Waals surface area contributed by atoms with Gasteiger partial charge in [0.25, 0.3) is 5.91 Å². The molecule has 0 radical (unpaired) electrons. The Hall–Kier alpha value is -2.14. The number of nitrogens with one attached hydrogen (secondary N) is 2. The van der Waals surface area contributed by atoms with Gasteiger partial charge < -0.3 is 15.1 Å². The predicted molar refractivity (Wildman–Crippen MR) is 80.5 cm³/mol. The van der Waals surface area contributed by atoms with E-state index in [1.165, 1.54) is 6.42 Å². The van der Waals surface area contributed by atoms with Gasteiger partial charge in [0.05, 0.1) is 0 Å². The molecular weight excluding hydrogens is 268 g/mol. The van der Waals surface area contributed by atoms with E-state index >= 15 is 0 Å². The topological polar surface area (TPSA) is 71.3 Å². The number of carbonyl (C=O) groups excluding carboxylic acids is 1. The van der Waals surface area contributed by atoms with Crippen LogP contribution in [0.15, 0.2) is 39.5 Å². The van der Waals surface area contributed by atoms with Crippen molar-refractivity contribution < 1.29 is 9.21 Å². The van der Waals surface area contributed by atoms with Crippen molar-refractivity contribution in [2.75, 3.05) is 13.1 Å². The Morgan fingerprint density at radius 3 is 3.05 bits per heavy atom. The lowest BCUT2D eigenvalue weighted by atomic mass is 10.1. The van der Waals surface area contributed by atoms with E-state index in [4.69, 9.17) is 4.42 Å². The van der Waals surface area contributed by atoms with Crippen molar-refractivity contribution in [3.63, 3.8) is 0 Å². The van der Waals surface area contributed by atoms with Crippen molar-refractivity contribution in [1.82, 2.24) is 10.6 Å². The van der Waals surface area contributed by atoms with E-state index in [0.717, 1.165) is 24.8 Å². The molecule has 0 spiro atoms. The highest BCUT2D eigenvalue weighted by Crippen LogP contribution is 2.12. The normalized spacial score (nSPS) is 18.0. The minimum absolute atomic E-state index is 0.0630. The van der Waals surface area contributed by atoms with Crippen LogP contribution in [0.2, 0.25) is 0 Å². The molecule has 0 unspecified atom stereocenters. The van der Waals surface area contributed by atoms with E-state index in [9.17, 15) is 9.59 Å². The molecule has 5 heteroatoms. The Labute approximate surface area is 122 Å². The molecule has 1 amide bonds. The van der Waals surface area contributed by atoms with Crippen LogP contribution in [0.25, 0.3) is 11.0 Å². The summed E-state index contributed by atoms with van der Waals surface area (Å²) in [6, 6.07) is 9.22. The molecule has 3 rings (SSSR count). The molecule has 1 atom stereocenters. The van der Waals surface area contributed by atoms with Gasteiger partial charge in [-0.3, -0.25) is 4.79 Å². The molecule has 2 heterocycles.